The average Bonchev–Trinajstić information content (AvgIpc) is 2.24. The van der Waals surface area contributed by atoms with Crippen molar-refractivity contribution in [3.8, 4) is 0 Å². The number of hydrogen-bond acceptors (Lipinski definition) is 2. The number of rotatable bonds is 5. The molecule has 0 bridgehead atoms. The van der Waals surface area contributed by atoms with E-state index in [1.165, 1.54) is 6.07 Å². The van der Waals surface area contributed by atoms with Gasteiger partial charge in [0, 0.05) is 16.6 Å². The molecule has 0 aliphatic rings. The second kappa shape index (κ2) is 6.15. The number of halogens is 2. The molecule has 0 spiro atoms. The third kappa shape index (κ3) is 4.05. The third-order valence-electron chi connectivity index (χ3n) is 2.63. The predicted molar refractivity (Wildman–Crippen MR) is 76.8 cm³/mol. The largest absolute Gasteiger partial charge is 0.409 e. The third-order valence-corrected chi connectivity index (χ3v) is 3.92. The fraction of sp³-hybridized carbons (Fsp3) is 0.538. The molecule has 5 heteroatoms. The Morgan fingerprint density at radius 1 is 1.39 bits per heavy atom. The zero-order chi connectivity index (χ0) is 13.9. The van der Waals surface area contributed by atoms with Gasteiger partial charge in [-0.25, -0.2) is 4.39 Å². The first-order valence-corrected chi connectivity index (χ1v) is 9.92. The molecule has 1 rings (SSSR count). The molecule has 0 aliphatic carbocycles. The van der Waals surface area contributed by atoms with Crippen LogP contribution in [0.4, 0.5) is 4.39 Å². The summed E-state index contributed by atoms with van der Waals surface area (Å²) in [4.78, 5) is 0. The Bertz CT molecular complexity index is 388. The molecule has 2 atom stereocenters. The number of nitrogens with two attached hydrogens (primary N) is 1. The van der Waals surface area contributed by atoms with Crippen molar-refractivity contribution in [2.75, 3.05) is 0 Å². The quantitative estimate of drug-likeness (QED) is 0.828. The smallest absolute Gasteiger partial charge is 0.184 e. The molecule has 0 saturated carbocycles. The van der Waals surface area contributed by atoms with Gasteiger partial charge in [0.2, 0.25) is 0 Å². The Labute approximate surface area is 114 Å². The summed E-state index contributed by atoms with van der Waals surface area (Å²) in [6.07, 6.45) is 0.232. The summed E-state index contributed by atoms with van der Waals surface area (Å²) in [6.45, 7) is 8.12. The number of benzene rings is 1. The Balaban J connectivity index is 3.18. The molecule has 0 saturated heterocycles. The lowest BCUT2D eigenvalue weighted by Gasteiger charge is -2.31. The molecule has 2 N–H and O–H groups in total. The van der Waals surface area contributed by atoms with E-state index in [4.69, 9.17) is 21.8 Å². The minimum absolute atomic E-state index is 0.258. The first kappa shape index (κ1) is 15.6. The van der Waals surface area contributed by atoms with Crippen LogP contribution in [0.5, 0.6) is 0 Å². The van der Waals surface area contributed by atoms with Crippen LogP contribution in [0.2, 0.25) is 24.7 Å². The molecule has 0 heterocycles. The van der Waals surface area contributed by atoms with Crippen molar-refractivity contribution >= 4 is 19.9 Å². The highest BCUT2D eigenvalue weighted by molar-refractivity contribution is 6.69. The molecular formula is C13H21ClFNOSi. The minimum atomic E-state index is -1.83. The monoisotopic (exact) mass is 289 g/mol. The summed E-state index contributed by atoms with van der Waals surface area (Å²) in [5.74, 6) is -0.352. The van der Waals surface area contributed by atoms with Crippen LogP contribution in [0, 0.1) is 5.82 Å². The van der Waals surface area contributed by atoms with Crippen molar-refractivity contribution in [3.05, 3.63) is 34.6 Å². The van der Waals surface area contributed by atoms with E-state index in [2.05, 4.69) is 19.6 Å². The van der Waals surface area contributed by atoms with Crippen LogP contribution in [0.3, 0.4) is 0 Å². The Hall–Kier alpha value is -0.423. The first-order valence-electron chi connectivity index (χ1n) is 6.13. The second-order valence-corrected chi connectivity index (χ2v) is 10.2. The summed E-state index contributed by atoms with van der Waals surface area (Å²) in [5, 5.41) is 0.377. The summed E-state index contributed by atoms with van der Waals surface area (Å²) in [6, 6.07) is 4.39. The van der Waals surface area contributed by atoms with Crippen LogP contribution in [0.25, 0.3) is 0 Å². The van der Waals surface area contributed by atoms with Crippen LogP contribution < -0.4 is 5.73 Å². The normalized spacial score (nSPS) is 15.5. The molecule has 18 heavy (non-hydrogen) atoms. The van der Waals surface area contributed by atoms with Crippen LogP contribution >= 0.6 is 11.6 Å². The van der Waals surface area contributed by atoms with Gasteiger partial charge in [-0.1, -0.05) is 24.6 Å². The van der Waals surface area contributed by atoms with Gasteiger partial charge in [0.15, 0.2) is 8.32 Å². The summed E-state index contributed by atoms with van der Waals surface area (Å²) < 4.78 is 20.0. The van der Waals surface area contributed by atoms with Crippen molar-refractivity contribution < 1.29 is 8.82 Å². The van der Waals surface area contributed by atoms with Gasteiger partial charge < -0.3 is 10.2 Å². The van der Waals surface area contributed by atoms with Gasteiger partial charge in [-0.3, -0.25) is 0 Å². The van der Waals surface area contributed by atoms with Crippen LogP contribution in [-0.4, -0.2) is 14.4 Å². The molecule has 1 aromatic carbocycles. The maximum absolute atomic E-state index is 14.0. The highest BCUT2D eigenvalue weighted by Gasteiger charge is 2.30. The second-order valence-electron chi connectivity index (χ2n) is 5.36. The van der Waals surface area contributed by atoms with E-state index < -0.39 is 14.4 Å². The van der Waals surface area contributed by atoms with Gasteiger partial charge >= 0.3 is 0 Å². The molecule has 2 unspecified atom stereocenters. The van der Waals surface area contributed by atoms with E-state index in [0.29, 0.717) is 17.0 Å². The van der Waals surface area contributed by atoms with Crippen LogP contribution in [-0.2, 0) is 4.43 Å². The van der Waals surface area contributed by atoms with Gasteiger partial charge in [-0.05, 0) is 38.2 Å². The van der Waals surface area contributed by atoms with Crippen molar-refractivity contribution in [1.29, 1.82) is 0 Å². The van der Waals surface area contributed by atoms with Crippen molar-refractivity contribution in [2.24, 2.45) is 5.73 Å². The molecular weight excluding hydrogens is 269 g/mol. The first-order chi connectivity index (χ1) is 8.26. The van der Waals surface area contributed by atoms with Gasteiger partial charge in [0.1, 0.15) is 5.82 Å². The predicted octanol–water partition coefficient (Wildman–Crippen LogP) is 4.11. The molecule has 0 radical (unpaired) electrons. The van der Waals surface area contributed by atoms with E-state index in [1.807, 2.05) is 6.92 Å². The van der Waals surface area contributed by atoms with Gasteiger partial charge in [0.05, 0.1) is 6.10 Å². The SMILES string of the molecule is CCC(N)C(O[Si](C)(C)C)c1c(F)cccc1Cl. The standard InChI is InChI=1S/C13H21ClFNOSi/c1-5-11(16)13(17-18(2,3)4)12-9(14)7-6-8-10(12)15/h6-8,11,13H,5,16H2,1-4H3. The van der Waals surface area contributed by atoms with Crippen LogP contribution in [0.15, 0.2) is 18.2 Å². The van der Waals surface area contributed by atoms with Crippen LogP contribution in [0.1, 0.15) is 25.0 Å². The topological polar surface area (TPSA) is 35.2 Å². The molecule has 1 aromatic rings. The maximum atomic E-state index is 14.0. The Morgan fingerprint density at radius 3 is 2.44 bits per heavy atom. The molecule has 0 aromatic heterocycles. The number of hydrogen-bond donors (Lipinski definition) is 1. The van der Waals surface area contributed by atoms with Gasteiger partial charge in [-0.15, -0.1) is 0 Å². The highest BCUT2D eigenvalue weighted by Crippen LogP contribution is 2.33. The maximum Gasteiger partial charge on any atom is 0.184 e. The zero-order valence-corrected chi connectivity index (χ0v) is 13.1. The Kier molecular flexibility index (Phi) is 5.34. The van der Waals surface area contributed by atoms with Crippen molar-refractivity contribution in [2.45, 2.75) is 45.1 Å². The average molecular weight is 290 g/mol. The van der Waals surface area contributed by atoms with E-state index in [1.54, 1.807) is 12.1 Å². The molecule has 0 aliphatic heterocycles. The fourth-order valence-electron chi connectivity index (χ4n) is 1.74. The minimum Gasteiger partial charge on any atom is -0.409 e. The zero-order valence-electron chi connectivity index (χ0n) is 11.3. The summed E-state index contributed by atoms with van der Waals surface area (Å²) in [5.41, 5.74) is 6.45. The summed E-state index contributed by atoms with van der Waals surface area (Å²) >= 11 is 6.09. The summed E-state index contributed by atoms with van der Waals surface area (Å²) in [7, 11) is -1.83. The molecule has 0 fully saturated rings. The lowest BCUT2D eigenvalue weighted by atomic mass is 10.0. The van der Waals surface area contributed by atoms with Crippen molar-refractivity contribution in [1.82, 2.24) is 0 Å². The Morgan fingerprint density at radius 2 is 2.00 bits per heavy atom. The van der Waals surface area contributed by atoms with Gasteiger partial charge in [0.25, 0.3) is 0 Å². The molecule has 0 amide bonds. The highest BCUT2D eigenvalue weighted by atomic mass is 35.5. The van der Waals surface area contributed by atoms with Gasteiger partial charge in [-0.2, -0.15) is 0 Å². The van der Waals surface area contributed by atoms with E-state index in [-0.39, 0.29) is 11.9 Å². The molecule has 102 valence electrons. The molecule has 2 nitrogen and oxygen atoms in total. The fourth-order valence-corrected chi connectivity index (χ4v) is 3.06. The van der Waals surface area contributed by atoms with E-state index in [0.717, 1.165) is 0 Å². The van der Waals surface area contributed by atoms with E-state index in [9.17, 15) is 4.39 Å². The van der Waals surface area contributed by atoms with E-state index >= 15 is 0 Å². The lowest BCUT2D eigenvalue weighted by Crippen LogP contribution is -2.38. The lowest BCUT2D eigenvalue weighted by molar-refractivity contribution is 0.159. The van der Waals surface area contributed by atoms with Crippen molar-refractivity contribution in [3.63, 3.8) is 0 Å².